The van der Waals surface area contributed by atoms with Gasteiger partial charge in [0.15, 0.2) is 0 Å². The summed E-state index contributed by atoms with van der Waals surface area (Å²) in [6, 6.07) is 6.26. The summed E-state index contributed by atoms with van der Waals surface area (Å²) < 4.78 is 14.3. The quantitative estimate of drug-likeness (QED) is 0.571. The molecule has 1 aromatic carbocycles. The third-order valence-corrected chi connectivity index (χ3v) is 4.59. The van der Waals surface area contributed by atoms with Crippen molar-refractivity contribution in [2.75, 3.05) is 0 Å². The lowest BCUT2D eigenvalue weighted by atomic mass is 9.99. The number of nitrogens with zero attached hydrogens (tertiary/aromatic N) is 1. The van der Waals surface area contributed by atoms with Crippen LogP contribution in [0.3, 0.4) is 0 Å². The summed E-state index contributed by atoms with van der Waals surface area (Å²) in [4.78, 5) is 28.7. The van der Waals surface area contributed by atoms with Gasteiger partial charge in [0.2, 0.25) is 5.78 Å². The van der Waals surface area contributed by atoms with Crippen molar-refractivity contribution >= 4 is 17.4 Å². The fourth-order valence-corrected chi connectivity index (χ4v) is 2.80. The van der Waals surface area contributed by atoms with E-state index in [4.69, 9.17) is 5.41 Å². The SMILES string of the molecule is CCCC(=N)C(=O)c1ccc(-c2cc(C(=O)NC3CC3)cc(F)c2C)nc1. The molecule has 1 amide bonds. The van der Waals surface area contributed by atoms with Crippen molar-refractivity contribution in [2.45, 2.75) is 45.6 Å². The Hall–Kier alpha value is -2.89. The number of hydrogen-bond acceptors (Lipinski definition) is 4. The zero-order chi connectivity index (χ0) is 19.6. The highest BCUT2D eigenvalue weighted by molar-refractivity contribution is 6.44. The largest absolute Gasteiger partial charge is 0.349 e. The maximum absolute atomic E-state index is 14.3. The van der Waals surface area contributed by atoms with Crippen LogP contribution in [0.4, 0.5) is 4.39 Å². The number of amides is 1. The molecule has 3 rings (SSSR count). The molecule has 2 N–H and O–H groups in total. The van der Waals surface area contributed by atoms with Crippen molar-refractivity contribution < 1.29 is 14.0 Å². The zero-order valence-corrected chi connectivity index (χ0v) is 15.4. The van der Waals surface area contributed by atoms with E-state index in [-0.39, 0.29) is 29.0 Å². The van der Waals surface area contributed by atoms with E-state index in [1.807, 2.05) is 6.92 Å². The number of aromatic nitrogens is 1. The Morgan fingerprint density at radius 1 is 1.26 bits per heavy atom. The molecule has 0 bridgehead atoms. The Labute approximate surface area is 157 Å². The van der Waals surface area contributed by atoms with Gasteiger partial charge in [0.1, 0.15) is 5.82 Å². The lowest BCUT2D eigenvalue weighted by Crippen LogP contribution is -2.25. The molecule has 1 aliphatic rings. The Bertz CT molecular complexity index is 902. The van der Waals surface area contributed by atoms with Gasteiger partial charge in [0.05, 0.1) is 11.4 Å². The second-order valence-electron chi connectivity index (χ2n) is 6.87. The maximum Gasteiger partial charge on any atom is 0.251 e. The van der Waals surface area contributed by atoms with E-state index in [1.165, 1.54) is 12.3 Å². The topological polar surface area (TPSA) is 82.9 Å². The molecule has 0 radical (unpaired) electrons. The predicted octanol–water partition coefficient (Wildman–Crippen LogP) is 4.09. The Kier molecular flexibility index (Phi) is 5.44. The number of carbonyl (C=O) groups is 2. The second-order valence-corrected chi connectivity index (χ2v) is 6.87. The molecule has 27 heavy (non-hydrogen) atoms. The van der Waals surface area contributed by atoms with Crippen LogP contribution in [-0.4, -0.2) is 28.4 Å². The molecule has 2 aromatic rings. The number of nitrogens with one attached hydrogen (secondary N) is 2. The van der Waals surface area contributed by atoms with Gasteiger partial charge < -0.3 is 10.7 Å². The Balaban J connectivity index is 1.88. The highest BCUT2D eigenvalue weighted by atomic mass is 19.1. The number of halogens is 1. The summed E-state index contributed by atoms with van der Waals surface area (Å²) in [6.07, 6.45) is 4.46. The van der Waals surface area contributed by atoms with Crippen LogP contribution in [0.2, 0.25) is 0 Å². The van der Waals surface area contributed by atoms with E-state index >= 15 is 0 Å². The van der Waals surface area contributed by atoms with E-state index in [2.05, 4.69) is 10.3 Å². The van der Waals surface area contributed by atoms with Gasteiger partial charge in [-0.05, 0) is 56.0 Å². The first-order valence-electron chi connectivity index (χ1n) is 9.10. The first kappa shape index (κ1) is 18.9. The summed E-state index contributed by atoms with van der Waals surface area (Å²) in [6.45, 7) is 3.54. The molecule has 1 fully saturated rings. The molecule has 0 aliphatic heterocycles. The summed E-state index contributed by atoms with van der Waals surface area (Å²) in [5.41, 5.74) is 2.02. The molecular weight excluding hydrogens is 345 g/mol. The van der Waals surface area contributed by atoms with Gasteiger partial charge >= 0.3 is 0 Å². The minimum absolute atomic E-state index is 0.0491. The van der Waals surface area contributed by atoms with Crippen LogP contribution in [0.5, 0.6) is 0 Å². The van der Waals surface area contributed by atoms with Crippen LogP contribution in [0.15, 0.2) is 30.5 Å². The summed E-state index contributed by atoms with van der Waals surface area (Å²) in [5.74, 6) is -1.12. The van der Waals surface area contributed by atoms with E-state index in [9.17, 15) is 14.0 Å². The molecule has 6 heteroatoms. The molecule has 0 unspecified atom stereocenters. The minimum Gasteiger partial charge on any atom is -0.349 e. The average Bonchev–Trinajstić information content (AvgIpc) is 3.47. The van der Waals surface area contributed by atoms with Crippen molar-refractivity contribution in [3.63, 3.8) is 0 Å². The molecule has 0 spiro atoms. The minimum atomic E-state index is -0.472. The van der Waals surface area contributed by atoms with Crippen LogP contribution in [0.1, 0.15) is 58.9 Å². The van der Waals surface area contributed by atoms with Gasteiger partial charge in [0, 0.05) is 28.9 Å². The Morgan fingerprint density at radius 2 is 2.00 bits per heavy atom. The van der Waals surface area contributed by atoms with E-state index in [0.717, 1.165) is 19.3 Å². The average molecular weight is 367 g/mol. The van der Waals surface area contributed by atoms with Crippen molar-refractivity contribution in [3.05, 3.63) is 53.0 Å². The third kappa shape index (κ3) is 4.27. The molecule has 0 saturated heterocycles. The van der Waals surface area contributed by atoms with Crippen LogP contribution in [0.25, 0.3) is 11.3 Å². The lowest BCUT2D eigenvalue weighted by molar-refractivity contribution is 0.0950. The Morgan fingerprint density at radius 3 is 2.59 bits per heavy atom. The summed E-state index contributed by atoms with van der Waals surface area (Å²) >= 11 is 0. The van der Waals surface area contributed by atoms with Crippen LogP contribution >= 0.6 is 0 Å². The molecule has 1 aromatic heterocycles. The predicted molar refractivity (Wildman–Crippen MR) is 102 cm³/mol. The number of ketones is 1. The van der Waals surface area contributed by atoms with Crippen molar-refractivity contribution in [1.82, 2.24) is 10.3 Å². The first-order chi connectivity index (χ1) is 12.9. The van der Waals surface area contributed by atoms with Gasteiger partial charge in [-0.2, -0.15) is 0 Å². The third-order valence-electron chi connectivity index (χ3n) is 4.59. The van der Waals surface area contributed by atoms with Gasteiger partial charge in [-0.3, -0.25) is 14.6 Å². The molecular formula is C21H22FN3O2. The van der Waals surface area contributed by atoms with E-state index < -0.39 is 5.82 Å². The fraction of sp³-hybridized carbons (Fsp3) is 0.333. The number of Topliss-reactive ketones (excluding diaryl/α,β-unsaturated/α-hetero) is 1. The molecule has 1 saturated carbocycles. The van der Waals surface area contributed by atoms with Crippen LogP contribution in [0, 0.1) is 18.2 Å². The standard InChI is InChI=1S/C21H22FN3O2/c1-3-4-18(23)20(26)13-5-8-19(24-11-13)16-9-14(10-17(22)12(16)2)21(27)25-15-6-7-15/h5,8-11,15,23H,3-4,6-7H2,1-2H3,(H,25,27). The van der Waals surface area contributed by atoms with Crippen LogP contribution < -0.4 is 5.32 Å². The van der Waals surface area contributed by atoms with Gasteiger partial charge in [-0.1, -0.05) is 13.3 Å². The van der Waals surface area contributed by atoms with E-state index in [0.29, 0.717) is 28.8 Å². The molecule has 5 nitrogen and oxygen atoms in total. The first-order valence-corrected chi connectivity index (χ1v) is 9.10. The van der Waals surface area contributed by atoms with Crippen molar-refractivity contribution in [3.8, 4) is 11.3 Å². The number of rotatable bonds is 7. The normalized spacial score (nSPS) is 13.3. The van der Waals surface area contributed by atoms with Crippen LogP contribution in [-0.2, 0) is 0 Å². The highest BCUT2D eigenvalue weighted by Gasteiger charge is 2.24. The van der Waals surface area contributed by atoms with Gasteiger partial charge in [-0.15, -0.1) is 0 Å². The highest BCUT2D eigenvalue weighted by Crippen LogP contribution is 2.27. The number of pyridine rings is 1. The number of hydrogen-bond donors (Lipinski definition) is 2. The van der Waals surface area contributed by atoms with Gasteiger partial charge in [-0.25, -0.2) is 4.39 Å². The zero-order valence-electron chi connectivity index (χ0n) is 15.4. The van der Waals surface area contributed by atoms with Gasteiger partial charge in [0.25, 0.3) is 5.91 Å². The fourth-order valence-electron chi connectivity index (χ4n) is 2.80. The molecule has 140 valence electrons. The van der Waals surface area contributed by atoms with Crippen molar-refractivity contribution in [1.29, 1.82) is 5.41 Å². The monoisotopic (exact) mass is 367 g/mol. The summed E-state index contributed by atoms with van der Waals surface area (Å²) in [5, 5.41) is 10.6. The number of carbonyl (C=O) groups excluding carboxylic acids is 2. The summed E-state index contributed by atoms with van der Waals surface area (Å²) in [7, 11) is 0. The molecule has 0 atom stereocenters. The maximum atomic E-state index is 14.3. The smallest absolute Gasteiger partial charge is 0.251 e. The number of benzene rings is 1. The molecule has 1 heterocycles. The van der Waals surface area contributed by atoms with Crippen molar-refractivity contribution in [2.24, 2.45) is 0 Å². The van der Waals surface area contributed by atoms with E-state index in [1.54, 1.807) is 25.1 Å². The molecule has 1 aliphatic carbocycles. The lowest BCUT2D eigenvalue weighted by Gasteiger charge is -2.11. The second kappa shape index (κ2) is 7.78.